The maximum Gasteiger partial charge on any atom is 0.180 e. The summed E-state index contributed by atoms with van der Waals surface area (Å²) in [4.78, 5) is 0. The largest absolute Gasteiger partial charge is 0.482 e. The van der Waals surface area contributed by atoms with E-state index in [4.69, 9.17) is 38.9 Å². The molecule has 0 aliphatic carbocycles. The van der Waals surface area contributed by atoms with E-state index >= 15 is 0 Å². The van der Waals surface area contributed by atoms with Crippen molar-refractivity contribution in [1.82, 2.24) is 0 Å². The van der Waals surface area contributed by atoms with Gasteiger partial charge in [-0.1, -0.05) is 35.3 Å². The lowest BCUT2D eigenvalue weighted by atomic mass is 10.2. The van der Waals surface area contributed by atoms with Crippen molar-refractivity contribution in [1.29, 1.82) is 0 Å². The van der Waals surface area contributed by atoms with Crippen LogP contribution in [0.3, 0.4) is 0 Å². The minimum atomic E-state index is -0.484. The third kappa shape index (κ3) is 3.18. The van der Waals surface area contributed by atoms with Gasteiger partial charge >= 0.3 is 0 Å². The zero-order valence-corrected chi connectivity index (χ0v) is 10.2. The van der Waals surface area contributed by atoms with Crippen LogP contribution in [0.4, 0.5) is 0 Å². The van der Waals surface area contributed by atoms with Crippen molar-refractivity contribution in [2.24, 2.45) is 10.9 Å². The first-order chi connectivity index (χ1) is 7.58. The molecule has 0 radical (unpaired) electrons. The number of hydrogen-bond acceptors (Lipinski definition) is 3. The minimum absolute atomic E-state index is 0.0218. The molecule has 0 saturated heterocycles. The van der Waals surface area contributed by atoms with E-state index in [1.807, 2.05) is 6.92 Å². The smallest absolute Gasteiger partial charge is 0.180 e. The maximum absolute atomic E-state index is 8.55. The topological polar surface area (TPSA) is 67.8 Å². The first kappa shape index (κ1) is 12.9. The highest BCUT2D eigenvalue weighted by Gasteiger charge is 2.14. The van der Waals surface area contributed by atoms with Crippen molar-refractivity contribution in [3.05, 3.63) is 28.2 Å². The summed E-state index contributed by atoms with van der Waals surface area (Å²) in [5.74, 6) is 0.543. The Balaban J connectivity index is 2.82. The van der Waals surface area contributed by atoms with Crippen LogP contribution in [0.1, 0.15) is 13.3 Å². The van der Waals surface area contributed by atoms with E-state index in [0.29, 0.717) is 22.2 Å². The van der Waals surface area contributed by atoms with Gasteiger partial charge in [-0.3, -0.25) is 0 Å². The molecule has 4 nitrogen and oxygen atoms in total. The highest BCUT2D eigenvalue weighted by atomic mass is 35.5. The minimum Gasteiger partial charge on any atom is -0.482 e. The number of rotatable bonds is 4. The van der Waals surface area contributed by atoms with Crippen LogP contribution in [0, 0.1) is 0 Å². The van der Waals surface area contributed by atoms with E-state index in [2.05, 4.69) is 5.16 Å². The normalized spacial score (nSPS) is 13.6. The number of amidine groups is 1. The zero-order valence-electron chi connectivity index (χ0n) is 8.65. The van der Waals surface area contributed by atoms with Crippen molar-refractivity contribution < 1.29 is 9.94 Å². The van der Waals surface area contributed by atoms with Crippen molar-refractivity contribution in [2.45, 2.75) is 19.4 Å². The standard InChI is InChI=1S/C10H12Cl2N2O2/c1-2-9(10(13)14-15)16-6-3-4-7(11)8(12)5-6/h3-5,9,15H,2H2,1H3,(H2,13,14). The van der Waals surface area contributed by atoms with E-state index in [9.17, 15) is 0 Å². The number of hydrogen-bond donors (Lipinski definition) is 2. The molecule has 0 amide bonds. The molecular weight excluding hydrogens is 251 g/mol. The number of nitrogens with two attached hydrogens (primary N) is 1. The summed E-state index contributed by atoms with van der Waals surface area (Å²) in [6.07, 6.45) is 0.0955. The maximum atomic E-state index is 8.55. The summed E-state index contributed by atoms with van der Waals surface area (Å²) in [5.41, 5.74) is 5.46. The Morgan fingerprint density at radius 3 is 2.69 bits per heavy atom. The molecule has 0 saturated carbocycles. The van der Waals surface area contributed by atoms with Crippen LogP contribution in [0.5, 0.6) is 5.75 Å². The van der Waals surface area contributed by atoms with Gasteiger partial charge in [-0.2, -0.15) is 0 Å². The van der Waals surface area contributed by atoms with Gasteiger partial charge in [0.1, 0.15) is 5.75 Å². The Hall–Kier alpha value is -1.13. The van der Waals surface area contributed by atoms with Gasteiger partial charge in [0, 0.05) is 6.07 Å². The number of benzene rings is 1. The Kier molecular flexibility index (Phi) is 4.71. The molecule has 1 aromatic rings. The molecule has 0 aliphatic rings. The number of nitrogens with zero attached hydrogens (tertiary/aromatic N) is 1. The molecule has 0 fully saturated rings. The van der Waals surface area contributed by atoms with Gasteiger partial charge in [0.2, 0.25) is 0 Å². The van der Waals surface area contributed by atoms with E-state index < -0.39 is 6.10 Å². The zero-order chi connectivity index (χ0) is 12.1. The van der Waals surface area contributed by atoms with Gasteiger partial charge in [0.15, 0.2) is 11.9 Å². The Morgan fingerprint density at radius 2 is 2.19 bits per heavy atom. The van der Waals surface area contributed by atoms with Gasteiger partial charge in [-0.25, -0.2) is 0 Å². The fourth-order valence-electron chi connectivity index (χ4n) is 1.13. The van der Waals surface area contributed by atoms with Gasteiger partial charge in [0.05, 0.1) is 10.0 Å². The van der Waals surface area contributed by atoms with Gasteiger partial charge in [-0.15, -0.1) is 0 Å². The number of halogens is 2. The third-order valence-electron chi connectivity index (χ3n) is 1.99. The first-order valence-electron chi connectivity index (χ1n) is 4.67. The quantitative estimate of drug-likeness (QED) is 0.380. The van der Waals surface area contributed by atoms with Crippen LogP contribution in [0.15, 0.2) is 23.4 Å². The highest BCUT2D eigenvalue weighted by molar-refractivity contribution is 6.42. The van der Waals surface area contributed by atoms with Crippen LogP contribution in [-0.2, 0) is 0 Å². The van der Waals surface area contributed by atoms with Crippen LogP contribution in [0.2, 0.25) is 10.0 Å². The molecule has 1 unspecified atom stereocenters. The van der Waals surface area contributed by atoms with Crippen molar-refractivity contribution in [3.63, 3.8) is 0 Å². The SMILES string of the molecule is CCC(Oc1ccc(Cl)c(Cl)c1)C(N)=NO. The summed E-state index contributed by atoms with van der Waals surface area (Å²) in [6, 6.07) is 4.87. The van der Waals surface area contributed by atoms with Crippen LogP contribution in [-0.4, -0.2) is 17.1 Å². The average Bonchev–Trinajstić information content (AvgIpc) is 2.29. The van der Waals surface area contributed by atoms with Crippen molar-refractivity contribution in [3.8, 4) is 5.75 Å². The van der Waals surface area contributed by atoms with Gasteiger partial charge in [0.25, 0.3) is 0 Å². The second-order valence-corrected chi connectivity index (χ2v) is 3.93. The molecule has 0 aliphatic heterocycles. The Morgan fingerprint density at radius 1 is 1.50 bits per heavy atom. The molecule has 1 atom stereocenters. The molecule has 0 spiro atoms. The van der Waals surface area contributed by atoms with Gasteiger partial charge < -0.3 is 15.7 Å². The lowest BCUT2D eigenvalue weighted by molar-refractivity contribution is 0.246. The van der Waals surface area contributed by atoms with E-state index in [-0.39, 0.29) is 5.84 Å². The van der Waals surface area contributed by atoms with E-state index in [0.717, 1.165) is 0 Å². The van der Waals surface area contributed by atoms with E-state index in [1.165, 1.54) is 0 Å². The summed E-state index contributed by atoms with van der Waals surface area (Å²) in [7, 11) is 0. The fourth-order valence-corrected chi connectivity index (χ4v) is 1.42. The first-order valence-corrected chi connectivity index (χ1v) is 5.43. The number of oxime groups is 1. The highest BCUT2D eigenvalue weighted by Crippen LogP contribution is 2.27. The molecule has 6 heteroatoms. The van der Waals surface area contributed by atoms with E-state index in [1.54, 1.807) is 18.2 Å². The Bertz CT molecular complexity index is 396. The molecule has 0 heterocycles. The van der Waals surface area contributed by atoms with Gasteiger partial charge in [-0.05, 0) is 18.6 Å². The second-order valence-electron chi connectivity index (χ2n) is 3.12. The van der Waals surface area contributed by atoms with Crippen LogP contribution in [0.25, 0.3) is 0 Å². The summed E-state index contributed by atoms with van der Waals surface area (Å²) in [5, 5.41) is 12.3. The van der Waals surface area contributed by atoms with Crippen molar-refractivity contribution >= 4 is 29.0 Å². The second kappa shape index (κ2) is 5.82. The molecular formula is C10H12Cl2N2O2. The summed E-state index contributed by atoms with van der Waals surface area (Å²) in [6.45, 7) is 1.86. The van der Waals surface area contributed by atoms with Crippen LogP contribution < -0.4 is 10.5 Å². The predicted molar refractivity (Wildman–Crippen MR) is 64.6 cm³/mol. The monoisotopic (exact) mass is 262 g/mol. The lowest BCUT2D eigenvalue weighted by Gasteiger charge is -2.16. The lowest BCUT2D eigenvalue weighted by Crippen LogP contribution is -2.33. The molecule has 3 N–H and O–H groups in total. The molecule has 1 rings (SSSR count). The summed E-state index contributed by atoms with van der Waals surface area (Å²) < 4.78 is 5.49. The molecule has 0 bridgehead atoms. The third-order valence-corrected chi connectivity index (χ3v) is 2.72. The average molecular weight is 263 g/mol. The van der Waals surface area contributed by atoms with Crippen molar-refractivity contribution in [2.75, 3.05) is 0 Å². The summed E-state index contributed by atoms with van der Waals surface area (Å²) >= 11 is 11.6. The predicted octanol–water partition coefficient (Wildman–Crippen LogP) is 2.90. The molecule has 1 aromatic carbocycles. The Labute approximate surface area is 104 Å². The number of ether oxygens (including phenoxy) is 1. The fraction of sp³-hybridized carbons (Fsp3) is 0.300. The molecule has 88 valence electrons. The molecule has 0 aromatic heterocycles. The molecule has 16 heavy (non-hydrogen) atoms. The van der Waals surface area contributed by atoms with Crippen LogP contribution >= 0.6 is 23.2 Å².